The molecule has 0 aliphatic heterocycles. The second-order valence-electron chi connectivity index (χ2n) is 8.94. The van der Waals surface area contributed by atoms with Crippen LogP contribution in [0, 0.1) is 0 Å². The van der Waals surface area contributed by atoms with Gasteiger partial charge in [-0.25, -0.2) is 9.78 Å². The zero-order chi connectivity index (χ0) is 23.4. The van der Waals surface area contributed by atoms with E-state index in [2.05, 4.69) is 10.3 Å². The maximum absolute atomic E-state index is 13.2. The number of carbonyl (C=O) groups excluding carboxylic acids is 1. The summed E-state index contributed by atoms with van der Waals surface area (Å²) in [4.78, 5) is 46.0. The Hall–Kier alpha value is -3.16. The van der Waals surface area contributed by atoms with Gasteiger partial charge < -0.3 is 10.3 Å². The second kappa shape index (κ2) is 10.2. The van der Waals surface area contributed by atoms with Gasteiger partial charge in [-0.05, 0) is 49.8 Å². The van der Waals surface area contributed by atoms with Crippen LogP contribution < -0.4 is 16.6 Å². The molecule has 1 amide bonds. The summed E-state index contributed by atoms with van der Waals surface area (Å²) in [5.74, 6) is 1.17. The standard InChI is InChI=1S/C25H33N5O3/c1-3-7-20(31)26-19-12-10-17(11-13-19)14-16-29-23-21(24(32)30(15-4-2)25(29)33)27-22(28-23)18-8-5-6-9-18/h10-13,18H,3-9,14-16H2,1-2H3,(H,26,31)(H,27,28). The van der Waals surface area contributed by atoms with Gasteiger partial charge in [-0.1, -0.05) is 38.8 Å². The molecule has 1 aliphatic carbocycles. The summed E-state index contributed by atoms with van der Waals surface area (Å²) in [5, 5.41) is 2.89. The molecule has 1 saturated carbocycles. The van der Waals surface area contributed by atoms with Crippen LogP contribution in [0.3, 0.4) is 0 Å². The topological polar surface area (TPSA) is 102 Å². The van der Waals surface area contributed by atoms with Crippen molar-refractivity contribution in [2.75, 3.05) is 5.32 Å². The van der Waals surface area contributed by atoms with Gasteiger partial charge in [0.25, 0.3) is 5.56 Å². The normalized spacial score (nSPS) is 14.2. The molecular weight excluding hydrogens is 418 g/mol. The first kappa shape index (κ1) is 23.0. The number of amides is 1. The molecule has 0 unspecified atom stereocenters. The Morgan fingerprint density at radius 2 is 1.79 bits per heavy atom. The predicted molar refractivity (Wildman–Crippen MR) is 130 cm³/mol. The van der Waals surface area contributed by atoms with Gasteiger partial charge in [-0.15, -0.1) is 0 Å². The number of aromatic nitrogens is 4. The van der Waals surface area contributed by atoms with Crippen LogP contribution in [0.4, 0.5) is 5.69 Å². The number of rotatable bonds is 9. The number of aryl methyl sites for hydroxylation is 2. The number of H-pyrrole nitrogens is 1. The average Bonchev–Trinajstić information content (AvgIpc) is 3.48. The van der Waals surface area contributed by atoms with Gasteiger partial charge in [0.15, 0.2) is 5.65 Å². The van der Waals surface area contributed by atoms with Gasteiger partial charge >= 0.3 is 5.69 Å². The maximum Gasteiger partial charge on any atom is 0.332 e. The summed E-state index contributed by atoms with van der Waals surface area (Å²) in [5.41, 5.74) is 2.12. The summed E-state index contributed by atoms with van der Waals surface area (Å²) < 4.78 is 2.96. The van der Waals surface area contributed by atoms with Crippen molar-refractivity contribution in [2.24, 2.45) is 0 Å². The number of anilines is 1. The Kier molecular flexibility index (Phi) is 7.11. The van der Waals surface area contributed by atoms with Crippen molar-refractivity contribution in [3.63, 3.8) is 0 Å². The highest BCUT2D eigenvalue weighted by molar-refractivity contribution is 5.90. The Morgan fingerprint density at radius 3 is 2.45 bits per heavy atom. The number of hydrogen-bond donors (Lipinski definition) is 2. The van der Waals surface area contributed by atoms with E-state index in [0.717, 1.165) is 36.3 Å². The molecule has 0 atom stereocenters. The molecule has 8 nitrogen and oxygen atoms in total. The van der Waals surface area contributed by atoms with E-state index in [9.17, 15) is 14.4 Å². The molecule has 2 N–H and O–H groups in total. The predicted octanol–water partition coefficient (Wildman–Crippen LogP) is 3.94. The Labute approximate surface area is 193 Å². The molecule has 176 valence electrons. The van der Waals surface area contributed by atoms with Gasteiger partial charge in [0.05, 0.1) is 0 Å². The third-order valence-electron chi connectivity index (χ3n) is 6.41. The zero-order valence-electron chi connectivity index (χ0n) is 19.5. The lowest BCUT2D eigenvalue weighted by Gasteiger charge is -2.11. The lowest BCUT2D eigenvalue weighted by atomic mass is 10.1. The second-order valence-corrected chi connectivity index (χ2v) is 8.94. The maximum atomic E-state index is 13.2. The summed E-state index contributed by atoms with van der Waals surface area (Å²) in [7, 11) is 0. The lowest BCUT2D eigenvalue weighted by molar-refractivity contribution is -0.116. The van der Waals surface area contributed by atoms with Gasteiger partial charge in [0.1, 0.15) is 11.3 Å². The van der Waals surface area contributed by atoms with Crippen LogP contribution in [-0.4, -0.2) is 25.0 Å². The molecular formula is C25H33N5O3. The van der Waals surface area contributed by atoms with Crippen molar-refractivity contribution in [2.45, 2.75) is 84.2 Å². The Bertz CT molecular complexity index is 1230. The number of fused-ring (bicyclic) bond motifs is 1. The van der Waals surface area contributed by atoms with E-state index in [1.165, 1.54) is 17.4 Å². The van der Waals surface area contributed by atoms with E-state index >= 15 is 0 Å². The fourth-order valence-electron chi connectivity index (χ4n) is 4.65. The summed E-state index contributed by atoms with van der Waals surface area (Å²) >= 11 is 0. The molecule has 0 saturated heterocycles. The minimum Gasteiger partial charge on any atom is -0.336 e. The highest BCUT2D eigenvalue weighted by atomic mass is 16.2. The average molecular weight is 452 g/mol. The van der Waals surface area contributed by atoms with Gasteiger partial charge in [-0.2, -0.15) is 0 Å². The minimum atomic E-state index is -0.303. The van der Waals surface area contributed by atoms with E-state index < -0.39 is 0 Å². The lowest BCUT2D eigenvalue weighted by Crippen LogP contribution is -2.40. The monoisotopic (exact) mass is 451 g/mol. The zero-order valence-corrected chi connectivity index (χ0v) is 19.5. The summed E-state index contributed by atoms with van der Waals surface area (Å²) in [6, 6.07) is 7.68. The van der Waals surface area contributed by atoms with Crippen molar-refractivity contribution >= 4 is 22.8 Å². The molecule has 0 bridgehead atoms. The van der Waals surface area contributed by atoms with Crippen LogP contribution in [0.2, 0.25) is 0 Å². The van der Waals surface area contributed by atoms with Crippen molar-refractivity contribution < 1.29 is 4.79 Å². The van der Waals surface area contributed by atoms with E-state index in [1.54, 1.807) is 4.57 Å². The van der Waals surface area contributed by atoms with Crippen LogP contribution in [0.1, 0.15) is 76.1 Å². The van der Waals surface area contributed by atoms with Crippen LogP contribution in [0.5, 0.6) is 0 Å². The molecule has 8 heteroatoms. The van der Waals surface area contributed by atoms with E-state index in [0.29, 0.717) is 49.4 Å². The minimum absolute atomic E-state index is 0.00831. The van der Waals surface area contributed by atoms with E-state index in [-0.39, 0.29) is 17.2 Å². The number of carbonyl (C=O) groups is 1. The van der Waals surface area contributed by atoms with Crippen molar-refractivity contribution in [1.82, 2.24) is 19.1 Å². The Morgan fingerprint density at radius 1 is 1.06 bits per heavy atom. The molecule has 33 heavy (non-hydrogen) atoms. The first-order valence-corrected chi connectivity index (χ1v) is 12.1. The number of hydrogen-bond acceptors (Lipinski definition) is 4. The SMILES string of the molecule is CCCC(=O)Nc1ccc(CCn2c(=O)n(CCC)c(=O)c3[nH]c(C4CCCC4)nc32)cc1. The molecule has 1 fully saturated rings. The summed E-state index contributed by atoms with van der Waals surface area (Å²) in [6.07, 6.45) is 7.10. The first-order chi connectivity index (χ1) is 16.0. The molecule has 0 radical (unpaired) electrons. The highest BCUT2D eigenvalue weighted by Crippen LogP contribution is 2.32. The third-order valence-corrected chi connectivity index (χ3v) is 6.41. The fourth-order valence-corrected chi connectivity index (χ4v) is 4.65. The van der Waals surface area contributed by atoms with Crippen molar-refractivity contribution in [3.8, 4) is 0 Å². The van der Waals surface area contributed by atoms with Crippen LogP contribution in [0.15, 0.2) is 33.9 Å². The smallest absolute Gasteiger partial charge is 0.332 e. The fraction of sp³-hybridized carbons (Fsp3) is 0.520. The quantitative estimate of drug-likeness (QED) is 0.514. The number of nitrogens with one attached hydrogen (secondary N) is 2. The van der Waals surface area contributed by atoms with E-state index in [1.807, 2.05) is 38.1 Å². The highest BCUT2D eigenvalue weighted by Gasteiger charge is 2.23. The number of aromatic amines is 1. The molecule has 0 spiro atoms. The van der Waals surface area contributed by atoms with E-state index in [4.69, 9.17) is 4.98 Å². The van der Waals surface area contributed by atoms with Crippen LogP contribution in [-0.2, 0) is 24.3 Å². The number of imidazole rings is 1. The van der Waals surface area contributed by atoms with Gasteiger partial charge in [-0.3, -0.25) is 18.7 Å². The molecule has 1 aliphatic rings. The van der Waals surface area contributed by atoms with Gasteiger partial charge in [0.2, 0.25) is 5.91 Å². The number of benzene rings is 1. The van der Waals surface area contributed by atoms with Crippen LogP contribution in [0.25, 0.3) is 11.2 Å². The van der Waals surface area contributed by atoms with Gasteiger partial charge in [0, 0.05) is 31.1 Å². The number of nitrogens with zero attached hydrogens (tertiary/aromatic N) is 3. The largest absolute Gasteiger partial charge is 0.336 e. The first-order valence-electron chi connectivity index (χ1n) is 12.1. The molecule has 2 heterocycles. The van der Waals surface area contributed by atoms with Crippen molar-refractivity contribution in [3.05, 3.63) is 56.5 Å². The molecule has 1 aromatic carbocycles. The molecule has 2 aromatic heterocycles. The molecule has 4 rings (SSSR count). The Balaban J connectivity index is 1.61. The summed E-state index contributed by atoms with van der Waals surface area (Å²) in [6.45, 7) is 4.74. The van der Waals surface area contributed by atoms with Crippen molar-refractivity contribution in [1.29, 1.82) is 0 Å². The third kappa shape index (κ3) is 4.94. The molecule has 3 aromatic rings. The van der Waals surface area contributed by atoms with Crippen LogP contribution >= 0.6 is 0 Å².